The SMILES string of the molecule is CCCCCn1c(=O)c2ncn(C)c2c2ccccc21.Cl. The molecule has 0 N–H and O–H groups in total. The van der Waals surface area contributed by atoms with Gasteiger partial charge in [-0.05, 0) is 12.5 Å². The molecule has 5 heteroatoms. The van der Waals surface area contributed by atoms with Gasteiger partial charge in [0.1, 0.15) is 0 Å². The molecule has 0 saturated carbocycles. The van der Waals surface area contributed by atoms with Crippen LogP contribution in [0.2, 0.25) is 0 Å². The second-order valence-electron chi connectivity index (χ2n) is 5.23. The number of benzene rings is 1. The lowest BCUT2D eigenvalue weighted by Gasteiger charge is -2.11. The van der Waals surface area contributed by atoms with Crippen molar-refractivity contribution >= 4 is 34.3 Å². The smallest absolute Gasteiger partial charge is 0.279 e. The van der Waals surface area contributed by atoms with Crippen molar-refractivity contribution in [1.29, 1.82) is 0 Å². The molecular weight excluding hydrogens is 286 g/mol. The largest absolute Gasteiger partial charge is 0.333 e. The van der Waals surface area contributed by atoms with E-state index < -0.39 is 0 Å². The number of imidazole rings is 1. The Kier molecular flexibility index (Phi) is 4.68. The first-order valence-electron chi connectivity index (χ1n) is 7.16. The van der Waals surface area contributed by atoms with E-state index in [0.29, 0.717) is 5.52 Å². The van der Waals surface area contributed by atoms with Gasteiger partial charge in [0.15, 0.2) is 5.52 Å². The van der Waals surface area contributed by atoms with E-state index in [9.17, 15) is 4.79 Å². The van der Waals surface area contributed by atoms with Crippen molar-refractivity contribution in [3.05, 3.63) is 40.9 Å². The van der Waals surface area contributed by atoms with E-state index in [1.807, 2.05) is 34.4 Å². The molecule has 3 rings (SSSR count). The third kappa shape index (κ3) is 2.56. The summed E-state index contributed by atoms with van der Waals surface area (Å²) in [6, 6.07) is 8.08. The number of para-hydroxylation sites is 1. The molecule has 3 aromatic rings. The van der Waals surface area contributed by atoms with Crippen molar-refractivity contribution < 1.29 is 0 Å². The lowest BCUT2D eigenvalue weighted by atomic mass is 10.1. The van der Waals surface area contributed by atoms with Crippen LogP contribution in [0.3, 0.4) is 0 Å². The Bertz CT molecular complexity index is 819. The summed E-state index contributed by atoms with van der Waals surface area (Å²) in [6.45, 7) is 2.93. The zero-order valence-corrected chi connectivity index (χ0v) is 13.2. The number of rotatable bonds is 4. The highest BCUT2D eigenvalue weighted by Crippen LogP contribution is 2.21. The van der Waals surface area contributed by atoms with Gasteiger partial charge in [-0.15, -0.1) is 12.4 Å². The fourth-order valence-corrected chi connectivity index (χ4v) is 2.79. The van der Waals surface area contributed by atoms with Crippen LogP contribution in [-0.2, 0) is 13.6 Å². The average molecular weight is 306 g/mol. The maximum atomic E-state index is 12.6. The summed E-state index contributed by atoms with van der Waals surface area (Å²) in [4.78, 5) is 16.9. The van der Waals surface area contributed by atoms with Crippen molar-refractivity contribution in [2.45, 2.75) is 32.7 Å². The molecule has 2 heterocycles. The number of unbranched alkanes of at least 4 members (excludes halogenated alkanes) is 2. The minimum absolute atomic E-state index is 0. The number of nitrogens with zero attached hydrogens (tertiary/aromatic N) is 3. The van der Waals surface area contributed by atoms with Crippen molar-refractivity contribution in [2.24, 2.45) is 7.05 Å². The number of hydrogen-bond acceptors (Lipinski definition) is 2. The number of pyridine rings is 1. The fraction of sp³-hybridized carbons (Fsp3) is 0.375. The third-order valence-corrected chi connectivity index (χ3v) is 3.82. The molecule has 4 nitrogen and oxygen atoms in total. The highest BCUT2D eigenvalue weighted by atomic mass is 35.5. The van der Waals surface area contributed by atoms with E-state index in [-0.39, 0.29) is 18.0 Å². The standard InChI is InChI=1S/C16H19N3O.ClH/c1-3-4-7-10-19-13-9-6-5-8-12(13)15-14(16(19)20)17-11-18(15)2;/h5-6,8-9,11H,3-4,7,10H2,1-2H3;1H. The van der Waals surface area contributed by atoms with E-state index in [0.717, 1.165) is 42.2 Å². The van der Waals surface area contributed by atoms with Gasteiger partial charge in [0.05, 0.1) is 17.4 Å². The second-order valence-corrected chi connectivity index (χ2v) is 5.23. The summed E-state index contributed by atoms with van der Waals surface area (Å²) in [5.41, 5.74) is 2.53. The summed E-state index contributed by atoms with van der Waals surface area (Å²) >= 11 is 0. The highest BCUT2D eigenvalue weighted by Gasteiger charge is 2.13. The summed E-state index contributed by atoms with van der Waals surface area (Å²) < 4.78 is 3.80. The summed E-state index contributed by atoms with van der Waals surface area (Å²) in [5.74, 6) is 0. The molecule has 0 radical (unpaired) electrons. The van der Waals surface area contributed by atoms with Gasteiger partial charge in [0.2, 0.25) is 0 Å². The average Bonchev–Trinajstić information content (AvgIpc) is 2.85. The Morgan fingerprint density at radius 3 is 2.71 bits per heavy atom. The second kappa shape index (κ2) is 6.31. The van der Waals surface area contributed by atoms with Crippen molar-refractivity contribution in [2.75, 3.05) is 0 Å². The van der Waals surface area contributed by atoms with Gasteiger partial charge in [-0.25, -0.2) is 4.98 Å². The predicted molar refractivity (Wildman–Crippen MR) is 89.3 cm³/mol. The zero-order valence-electron chi connectivity index (χ0n) is 12.4. The topological polar surface area (TPSA) is 39.8 Å². The Labute approximate surface area is 129 Å². The van der Waals surface area contributed by atoms with Crippen LogP contribution in [-0.4, -0.2) is 14.1 Å². The van der Waals surface area contributed by atoms with Crippen molar-refractivity contribution in [3.8, 4) is 0 Å². The van der Waals surface area contributed by atoms with Crippen LogP contribution < -0.4 is 5.56 Å². The molecular formula is C16H20ClN3O. The van der Waals surface area contributed by atoms with Crippen molar-refractivity contribution in [3.63, 3.8) is 0 Å². The van der Waals surface area contributed by atoms with E-state index in [1.165, 1.54) is 0 Å². The lowest BCUT2D eigenvalue weighted by Crippen LogP contribution is -2.21. The number of aromatic nitrogens is 3. The van der Waals surface area contributed by atoms with Crippen LogP contribution in [0.5, 0.6) is 0 Å². The predicted octanol–water partition coefficient (Wildman–Crippen LogP) is 3.50. The zero-order chi connectivity index (χ0) is 14.1. The van der Waals surface area contributed by atoms with Gasteiger partial charge in [0.25, 0.3) is 5.56 Å². The molecule has 0 amide bonds. The molecule has 1 aromatic carbocycles. The fourth-order valence-electron chi connectivity index (χ4n) is 2.79. The highest BCUT2D eigenvalue weighted by molar-refractivity contribution is 6.02. The lowest BCUT2D eigenvalue weighted by molar-refractivity contribution is 0.604. The van der Waals surface area contributed by atoms with Crippen LogP contribution in [0, 0.1) is 0 Å². The number of hydrogen-bond donors (Lipinski definition) is 0. The first kappa shape index (κ1) is 15.6. The van der Waals surface area contributed by atoms with Crippen LogP contribution in [0.25, 0.3) is 21.9 Å². The van der Waals surface area contributed by atoms with Crippen LogP contribution in [0.4, 0.5) is 0 Å². The Morgan fingerprint density at radius 2 is 1.95 bits per heavy atom. The molecule has 0 fully saturated rings. The molecule has 112 valence electrons. The monoisotopic (exact) mass is 305 g/mol. The summed E-state index contributed by atoms with van der Waals surface area (Å²) in [7, 11) is 1.93. The number of halogens is 1. The van der Waals surface area contributed by atoms with E-state index >= 15 is 0 Å². The van der Waals surface area contributed by atoms with Crippen LogP contribution in [0.1, 0.15) is 26.2 Å². The van der Waals surface area contributed by atoms with Gasteiger partial charge < -0.3 is 9.13 Å². The minimum atomic E-state index is 0. The molecule has 0 aliphatic heterocycles. The molecule has 0 unspecified atom stereocenters. The van der Waals surface area contributed by atoms with Crippen LogP contribution in [0.15, 0.2) is 35.4 Å². The number of fused-ring (bicyclic) bond motifs is 3. The third-order valence-electron chi connectivity index (χ3n) is 3.82. The van der Waals surface area contributed by atoms with Gasteiger partial charge in [-0.1, -0.05) is 38.0 Å². The van der Waals surface area contributed by atoms with Gasteiger partial charge in [-0.3, -0.25) is 4.79 Å². The van der Waals surface area contributed by atoms with Gasteiger partial charge in [0, 0.05) is 19.0 Å². The summed E-state index contributed by atoms with van der Waals surface area (Å²) in [6.07, 6.45) is 5.03. The van der Waals surface area contributed by atoms with E-state index in [4.69, 9.17) is 0 Å². The van der Waals surface area contributed by atoms with E-state index in [1.54, 1.807) is 6.33 Å². The summed E-state index contributed by atoms with van der Waals surface area (Å²) in [5, 5.41) is 1.10. The first-order chi connectivity index (χ1) is 9.74. The van der Waals surface area contributed by atoms with Gasteiger partial charge >= 0.3 is 0 Å². The molecule has 21 heavy (non-hydrogen) atoms. The molecule has 0 saturated heterocycles. The number of aryl methyl sites for hydroxylation is 2. The van der Waals surface area contributed by atoms with Crippen LogP contribution >= 0.6 is 12.4 Å². The molecule has 0 atom stereocenters. The normalized spacial score (nSPS) is 11.0. The molecule has 0 spiro atoms. The molecule has 2 aromatic heterocycles. The minimum Gasteiger partial charge on any atom is -0.333 e. The first-order valence-corrected chi connectivity index (χ1v) is 7.16. The Balaban J connectivity index is 0.00000161. The maximum absolute atomic E-state index is 12.6. The Morgan fingerprint density at radius 1 is 1.19 bits per heavy atom. The Hall–Kier alpha value is -1.81. The maximum Gasteiger partial charge on any atom is 0.279 e. The molecule has 0 aliphatic rings. The molecule has 0 bridgehead atoms. The van der Waals surface area contributed by atoms with Crippen molar-refractivity contribution in [1.82, 2.24) is 14.1 Å². The quantitative estimate of drug-likeness (QED) is 0.692. The van der Waals surface area contributed by atoms with Gasteiger partial charge in [-0.2, -0.15) is 0 Å². The van der Waals surface area contributed by atoms with E-state index in [2.05, 4.69) is 18.0 Å². The molecule has 0 aliphatic carbocycles.